The summed E-state index contributed by atoms with van der Waals surface area (Å²) in [5.74, 6) is 0.390. The van der Waals surface area contributed by atoms with E-state index in [9.17, 15) is 0 Å². The Bertz CT molecular complexity index is 358. The molecule has 1 aromatic heterocycles. The van der Waals surface area contributed by atoms with Crippen LogP contribution in [0.5, 0.6) is 12.0 Å². The molecule has 0 spiro atoms. The molecule has 0 saturated carbocycles. The quantitative estimate of drug-likeness (QED) is 0.787. The fourth-order valence-electron chi connectivity index (χ4n) is 1.38. The second kappa shape index (κ2) is 5.27. The molecule has 1 fully saturated rings. The first-order chi connectivity index (χ1) is 7.78. The molecule has 88 valence electrons. The van der Waals surface area contributed by atoms with Gasteiger partial charge in [0.1, 0.15) is 0 Å². The predicted molar refractivity (Wildman–Crippen MR) is 55.8 cm³/mol. The number of hydrogen-bond donors (Lipinski definition) is 0. The first kappa shape index (κ1) is 11.3. The average Bonchev–Trinajstić information content (AvgIpc) is 2.78. The maximum atomic E-state index is 5.68. The summed E-state index contributed by atoms with van der Waals surface area (Å²) in [7, 11) is 1.46. The largest absolute Gasteiger partial charge is 0.467 e. The van der Waals surface area contributed by atoms with Gasteiger partial charge >= 0.3 is 12.0 Å². The van der Waals surface area contributed by atoms with Gasteiger partial charge in [0.05, 0.1) is 20.3 Å². The van der Waals surface area contributed by atoms with Crippen molar-refractivity contribution < 1.29 is 14.2 Å². The fourth-order valence-corrected chi connectivity index (χ4v) is 1.52. The van der Waals surface area contributed by atoms with Gasteiger partial charge in [-0.1, -0.05) is 0 Å². The predicted octanol–water partition coefficient (Wildman–Crippen LogP) is 0.949. The van der Waals surface area contributed by atoms with Gasteiger partial charge in [0.25, 0.3) is 0 Å². The lowest BCUT2D eigenvalue weighted by molar-refractivity contribution is 0.163. The van der Waals surface area contributed by atoms with Crippen molar-refractivity contribution in [3.05, 3.63) is 5.28 Å². The number of nitrogens with zero attached hydrogens (tertiary/aromatic N) is 3. The van der Waals surface area contributed by atoms with Crippen molar-refractivity contribution in [2.24, 2.45) is 5.92 Å². The Kier molecular flexibility index (Phi) is 3.74. The molecule has 1 aliphatic heterocycles. The number of rotatable bonds is 4. The zero-order valence-electron chi connectivity index (χ0n) is 8.85. The highest BCUT2D eigenvalue weighted by molar-refractivity contribution is 6.28. The van der Waals surface area contributed by atoms with Crippen LogP contribution in [0.4, 0.5) is 0 Å². The summed E-state index contributed by atoms with van der Waals surface area (Å²) < 4.78 is 15.5. The lowest BCUT2D eigenvalue weighted by Gasteiger charge is -2.08. The summed E-state index contributed by atoms with van der Waals surface area (Å²) >= 11 is 5.68. The maximum absolute atomic E-state index is 5.68. The standard InChI is InChI=1S/C9H12ClN3O3/c1-14-8-11-7(10)12-9(13-8)16-5-6-2-3-15-4-6/h6H,2-5H2,1H3. The van der Waals surface area contributed by atoms with Gasteiger partial charge in [-0.05, 0) is 18.0 Å². The molecule has 1 saturated heterocycles. The minimum Gasteiger partial charge on any atom is -0.467 e. The van der Waals surface area contributed by atoms with E-state index in [1.54, 1.807) is 0 Å². The van der Waals surface area contributed by atoms with E-state index in [2.05, 4.69) is 15.0 Å². The van der Waals surface area contributed by atoms with E-state index in [1.807, 2.05) is 0 Å². The fraction of sp³-hybridized carbons (Fsp3) is 0.667. The molecule has 1 unspecified atom stereocenters. The number of methoxy groups -OCH3 is 1. The van der Waals surface area contributed by atoms with Crippen LogP contribution in [-0.4, -0.2) is 41.9 Å². The number of ether oxygens (including phenoxy) is 3. The van der Waals surface area contributed by atoms with Crippen molar-refractivity contribution in [3.63, 3.8) is 0 Å². The SMILES string of the molecule is COc1nc(Cl)nc(OCC2CCOC2)n1. The van der Waals surface area contributed by atoms with E-state index in [1.165, 1.54) is 7.11 Å². The van der Waals surface area contributed by atoms with Crippen LogP contribution in [0.3, 0.4) is 0 Å². The molecule has 6 nitrogen and oxygen atoms in total. The highest BCUT2D eigenvalue weighted by Gasteiger charge is 2.17. The van der Waals surface area contributed by atoms with Crippen molar-refractivity contribution in [3.8, 4) is 12.0 Å². The van der Waals surface area contributed by atoms with Gasteiger partial charge in [0.2, 0.25) is 5.28 Å². The number of halogens is 1. The van der Waals surface area contributed by atoms with E-state index in [4.69, 9.17) is 25.8 Å². The minimum absolute atomic E-state index is 0.0597. The highest BCUT2D eigenvalue weighted by Crippen LogP contribution is 2.16. The molecule has 7 heteroatoms. The summed E-state index contributed by atoms with van der Waals surface area (Å²) in [6, 6.07) is 0.335. The van der Waals surface area contributed by atoms with Crippen LogP contribution < -0.4 is 9.47 Å². The summed E-state index contributed by atoms with van der Waals surface area (Å²) in [5, 5.41) is 0.0597. The van der Waals surface area contributed by atoms with Gasteiger partial charge in [-0.3, -0.25) is 0 Å². The third-order valence-corrected chi connectivity index (χ3v) is 2.39. The van der Waals surface area contributed by atoms with E-state index >= 15 is 0 Å². The smallest absolute Gasteiger partial charge is 0.323 e. The Balaban J connectivity index is 1.94. The molecule has 0 aromatic carbocycles. The van der Waals surface area contributed by atoms with Crippen molar-refractivity contribution in [2.45, 2.75) is 6.42 Å². The van der Waals surface area contributed by atoms with Gasteiger partial charge in [-0.15, -0.1) is 4.98 Å². The zero-order chi connectivity index (χ0) is 11.4. The van der Waals surface area contributed by atoms with Gasteiger partial charge in [-0.2, -0.15) is 9.97 Å². The molecule has 2 heterocycles. The molecular formula is C9H12ClN3O3. The highest BCUT2D eigenvalue weighted by atomic mass is 35.5. The monoisotopic (exact) mass is 245 g/mol. The van der Waals surface area contributed by atoms with Crippen molar-refractivity contribution in [2.75, 3.05) is 26.9 Å². The normalized spacial score (nSPS) is 19.8. The molecular weight excluding hydrogens is 234 g/mol. The Hall–Kier alpha value is -1.14. The zero-order valence-corrected chi connectivity index (χ0v) is 9.61. The molecule has 0 N–H and O–H groups in total. The van der Waals surface area contributed by atoms with Crippen LogP contribution in [0.25, 0.3) is 0 Å². The molecule has 2 rings (SSSR count). The summed E-state index contributed by atoms with van der Waals surface area (Å²) in [6.45, 7) is 2.02. The molecule has 0 aliphatic carbocycles. The molecule has 0 amide bonds. The number of aromatic nitrogens is 3. The van der Waals surface area contributed by atoms with Gasteiger partial charge in [-0.25, -0.2) is 0 Å². The first-order valence-electron chi connectivity index (χ1n) is 4.94. The maximum Gasteiger partial charge on any atom is 0.323 e. The van der Waals surface area contributed by atoms with Crippen LogP contribution in [0.1, 0.15) is 6.42 Å². The van der Waals surface area contributed by atoms with Gasteiger partial charge in [0.15, 0.2) is 0 Å². The van der Waals surface area contributed by atoms with Crippen LogP contribution in [0, 0.1) is 5.92 Å². The molecule has 1 aliphatic rings. The molecule has 0 radical (unpaired) electrons. The average molecular weight is 246 g/mol. The van der Waals surface area contributed by atoms with Crippen LogP contribution in [-0.2, 0) is 4.74 Å². The molecule has 1 aromatic rings. The van der Waals surface area contributed by atoms with E-state index in [-0.39, 0.29) is 17.3 Å². The van der Waals surface area contributed by atoms with Crippen molar-refractivity contribution in [1.29, 1.82) is 0 Å². The Morgan fingerprint density at radius 3 is 2.88 bits per heavy atom. The third kappa shape index (κ3) is 2.93. The lowest BCUT2D eigenvalue weighted by atomic mass is 10.1. The van der Waals surface area contributed by atoms with Crippen molar-refractivity contribution >= 4 is 11.6 Å². The van der Waals surface area contributed by atoms with Crippen molar-refractivity contribution in [1.82, 2.24) is 15.0 Å². The van der Waals surface area contributed by atoms with E-state index < -0.39 is 0 Å². The number of hydrogen-bond acceptors (Lipinski definition) is 6. The Morgan fingerprint density at radius 2 is 2.19 bits per heavy atom. The first-order valence-corrected chi connectivity index (χ1v) is 5.32. The van der Waals surface area contributed by atoms with Gasteiger partial charge in [0, 0.05) is 12.5 Å². The molecule has 1 atom stereocenters. The third-order valence-electron chi connectivity index (χ3n) is 2.22. The van der Waals surface area contributed by atoms with Crippen LogP contribution >= 0.6 is 11.6 Å². The van der Waals surface area contributed by atoms with Crippen LogP contribution in [0.15, 0.2) is 0 Å². The molecule has 16 heavy (non-hydrogen) atoms. The second-order valence-corrected chi connectivity index (χ2v) is 3.75. The Morgan fingerprint density at radius 1 is 1.38 bits per heavy atom. The van der Waals surface area contributed by atoms with E-state index in [0.717, 1.165) is 19.6 Å². The Labute approximate surface area is 97.9 Å². The summed E-state index contributed by atoms with van der Waals surface area (Å²) in [5.41, 5.74) is 0. The second-order valence-electron chi connectivity index (χ2n) is 3.41. The topological polar surface area (TPSA) is 66.4 Å². The summed E-state index contributed by atoms with van der Waals surface area (Å²) in [4.78, 5) is 11.5. The summed E-state index contributed by atoms with van der Waals surface area (Å²) in [6.07, 6.45) is 0.996. The lowest BCUT2D eigenvalue weighted by Crippen LogP contribution is -2.13. The van der Waals surface area contributed by atoms with Crippen LogP contribution in [0.2, 0.25) is 5.28 Å². The van der Waals surface area contributed by atoms with E-state index in [0.29, 0.717) is 12.5 Å². The van der Waals surface area contributed by atoms with Gasteiger partial charge < -0.3 is 14.2 Å². The molecule has 0 bridgehead atoms. The minimum atomic E-state index is 0.0597.